The third-order valence-corrected chi connectivity index (χ3v) is 3.42. The van der Waals surface area contributed by atoms with Gasteiger partial charge in [-0.2, -0.15) is 12.6 Å². The molecule has 2 nitrogen and oxygen atoms in total. The summed E-state index contributed by atoms with van der Waals surface area (Å²) in [4.78, 5) is 4.41. The molecule has 1 aliphatic rings. The topological polar surface area (TPSA) is 24.4 Å². The molecule has 4 heteroatoms. The normalized spacial score (nSPS) is 16.1. The second kappa shape index (κ2) is 5.60. The van der Waals surface area contributed by atoms with Crippen LogP contribution in [0.25, 0.3) is 0 Å². The van der Waals surface area contributed by atoms with Crippen LogP contribution in [0.4, 0.5) is 0 Å². The molecule has 0 saturated carbocycles. The van der Waals surface area contributed by atoms with Crippen LogP contribution in [0.2, 0.25) is 0 Å². The first kappa shape index (κ1) is 13.4. The van der Waals surface area contributed by atoms with Crippen LogP contribution in [0.1, 0.15) is 21.9 Å². The molecule has 1 atom stereocenters. The van der Waals surface area contributed by atoms with Crippen molar-refractivity contribution in [1.82, 2.24) is 5.32 Å². The van der Waals surface area contributed by atoms with E-state index >= 15 is 0 Å². The molecular weight excluding hydrogens is 240 g/mol. The minimum atomic E-state index is 0. The van der Waals surface area contributed by atoms with E-state index in [1.165, 1.54) is 16.7 Å². The highest BCUT2D eigenvalue weighted by atomic mass is 35.5. The van der Waals surface area contributed by atoms with Crippen LogP contribution in [0, 0.1) is 13.8 Å². The van der Waals surface area contributed by atoms with E-state index in [1.807, 2.05) is 0 Å². The highest BCUT2D eigenvalue weighted by Crippen LogP contribution is 2.26. The van der Waals surface area contributed by atoms with Crippen molar-refractivity contribution in [2.24, 2.45) is 4.99 Å². The number of aryl methyl sites for hydroxylation is 1. The lowest BCUT2D eigenvalue weighted by Crippen LogP contribution is -2.23. The van der Waals surface area contributed by atoms with Gasteiger partial charge in [-0.15, -0.1) is 12.4 Å². The average molecular weight is 257 g/mol. The van der Waals surface area contributed by atoms with E-state index in [1.54, 1.807) is 0 Å². The summed E-state index contributed by atoms with van der Waals surface area (Å²) in [5.74, 6) is 1.01. The Balaban J connectivity index is 0.00000128. The summed E-state index contributed by atoms with van der Waals surface area (Å²) in [6, 6.07) is 6.34. The second-order valence-corrected chi connectivity index (χ2v) is 4.40. The van der Waals surface area contributed by atoms with Gasteiger partial charge in [0, 0.05) is 6.54 Å². The van der Waals surface area contributed by atoms with Crippen LogP contribution in [0.3, 0.4) is 0 Å². The van der Waals surface area contributed by atoms with Crippen molar-refractivity contribution in [3.05, 3.63) is 34.9 Å². The van der Waals surface area contributed by atoms with Gasteiger partial charge in [-0.1, -0.05) is 18.2 Å². The first-order chi connectivity index (χ1) is 7.20. The number of thiol groups is 1. The Kier molecular flexibility index (Phi) is 4.69. The Hall–Kier alpha value is -0.670. The lowest BCUT2D eigenvalue weighted by Gasteiger charge is -2.15. The maximum Gasteiger partial charge on any atom is 0.114 e. The molecule has 0 fully saturated rings. The number of benzene rings is 1. The van der Waals surface area contributed by atoms with E-state index in [0.717, 1.165) is 18.9 Å². The molecule has 0 amide bonds. The van der Waals surface area contributed by atoms with Crippen molar-refractivity contribution >= 4 is 30.9 Å². The minimum absolute atomic E-state index is 0. The second-order valence-electron chi connectivity index (χ2n) is 3.89. The highest BCUT2D eigenvalue weighted by molar-refractivity contribution is 7.81. The van der Waals surface area contributed by atoms with Crippen molar-refractivity contribution < 1.29 is 0 Å². The zero-order valence-electron chi connectivity index (χ0n) is 9.53. The van der Waals surface area contributed by atoms with E-state index in [2.05, 4.69) is 55.0 Å². The van der Waals surface area contributed by atoms with Crippen molar-refractivity contribution in [3.8, 4) is 0 Å². The van der Waals surface area contributed by atoms with Crippen LogP contribution in [0.15, 0.2) is 23.2 Å². The molecule has 1 N–H and O–H groups in total. The van der Waals surface area contributed by atoms with Gasteiger partial charge in [0.25, 0.3) is 0 Å². The SMILES string of the molecule is Cc1cccc(C(S)C2=NCCN2)c1C.Cl. The van der Waals surface area contributed by atoms with E-state index in [0.29, 0.717) is 0 Å². The summed E-state index contributed by atoms with van der Waals surface area (Å²) in [6.07, 6.45) is 0. The maximum atomic E-state index is 4.64. The van der Waals surface area contributed by atoms with Gasteiger partial charge in [0.2, 0.25) is 0 Å². The van der Waals surface area contributed by atoms with Crippen molar-refractivity contribution in [1.29, 1.82) is 0 Å². The van der Waals surface area contributed by atoms with Crippen LogP contribution < -0.4 is 5.32 Å². The monoisotopic (exact) mass is 256 g/mol. The lowest BCUT2D eigenvalue weighted by atomic mass is 10.0. The molecule has 2 rings (SSSR count). The highest BCUT2D eigenvalue weighted by Gasteiger charge is 2.18. The van der Waals surface area contributed by atoms with Gasteiger partial charge < -0.3 is 5.32 Å². The van der Waals surface area contributed by atoms with Gasteiger partial charge in [0.15, 0.2) is 0 Å². The molecule has 1 aliphatic heterocycles. The lowest BCUT2D eigenvalue weighted by molar-refractivity contribution is 0.951. The Morgan fingerprint density at radius 3 is 2.75 bits per heavy atom. The Labute approximate surface area is 108 Å². The molecule has 16 heavy (non-hydrogen) atoms. The zero-order valence-corrected chi connectivity index (χ0v) is 11.2. The first-order valence-corrected chi connectivity index (χ1v) is 5.74. The summed E-state index contributed by atoms with van der Waals surface area (Å²) in [5, 5.41) is 3.37. The molecule has 0 aliphatic carbocycles. The standard InChI is InChI=1S/C12H16N2S.ClH/c1-8-4-3-5-10(9(8)2)11(15)12-13-6-7-14-12;/h3-5,11,15H,6-7H2,1-2H3,(H,13,14);1H. The predicted octanol–water partition coefficient (Wildman–Crippen LogP) is 2.70. The molecule has 88 valence electrons. The third-order valence-electron chi connectivity index (χ3n) is 2.90. The summed E-state index contributed by atoms with van der Waals surface area (Å²) >= 11 is 4.64. The number of amidine groups is 1. The van der Waals surface area contributed by atoms with Crippen molar-refractivity contribution in [3.63, 3.8) is 0 Å². The molecule has 0 spiro atoms. The number of aliphatic imine (C=N–C) groups is 1. The van der Waals surface area contributed by atoms with E-state index in [4.69, 9.17) is 0 Å². The summed E-state index contributed by atoms with van der Waals surface area (Å²) < 4.78 is 0. The van der Waals surface area contributed by atoms with Crippen LogP contribution in [0.5, 0.6) is 0 Å². The number of rotatable bonds is 2. The minimum Gasteiger partial charge on any atom is -0.371 e. The number of hydrogen-bond donors (Lipinski definition) is 2. The van der Waals surface area contributed by atoms with Crippen molar-refractivity contribution in [2.45, 2.75) is 19.1 Å². The first-order valence-electron chi connectivity index (χ1n) is 5.22. The summed E-state index contributed by atoms with van der Waals surface area (Å²) in [5.41, 5.74) is 3.88. The molecule has 0 saturated heterocycles. The molecule has 0 bridgehead atoms. The molecule has 1 unspecified atom stereocenters. The largest absolute Gasteiger partial charge is 0.371 e. The van der Waals surface area contributed by atoms with Gasteiger partial charge in [-0.05, 0) is 30.5 Å². The van der Waals surface area contributed by atoms with Gasteiger partial charge >= 0.3 is 0 Å². The Bertz CT molecular complexity index is 404. The van der Waals surface area contributed by atoms with Crippen LogP contribution in [-0.4, -0.2) is 18.9 Å². The zero-order chi connectivity index (χ0) is 10.8. The molecule has 1 heterocycles. The molecule has 1 aromatic carbocycles. The molecule has 1 aromatic rings. The van der Waals surface area contributed by atoms with Crippen LogP contribution >= 0.6 is 25.0 Å². The van der Waals surface area contributed by atoms with Gasteiger partial charge in [0.05, 0.1) is 11.8 Å². The van der Waals surface area contributed by atoms with E-state index < -0.39 is 0 Å². The Morgan fingerprint density at radius 1 is 1.38 bits per heavy atom. The Morgan fingerprint density at radius 2 is 2.12 bits per heavy atom. The summed E-state index contributed by atoms with van der Waals surface area (Å²) in [7, 11) is 0. The number of hydrogen-bond acceptors (Lipinski definition) is 3. The average Bonchev–Trinajstić information content (AvgIpc) is 2.74. The van der Waals surface area contributed by atoms with E-state index in [-0.39, 0.29) is 17.7 Å². The summed E-state index contributed by atoms with van der Waals surface area (Å²) in [6.45, 7) is 6.08. The smallest absolute Gasteiger partial charge is 0.114 e. The molecular formula is C12H17ClN2S. The molecule has 0 aromatic heterocycles. The van der Waals surface area contributed by atoms with Gasteiger partial charge in [-0.25, -0.2) is 0 Å². The maximum absolute atomic E-state index is 4.64. The fourth-order valence-electron chi connectivity index (χ4n) is 1.82. The van der Waals surface area contributed by atoms with Gasteiger partial charge in [0.1, 0.15) is 5.84 Å². The van der Waals surface area contributed by atoms with E-state index in [9.17, 15) is 0 Å². The number of nitrogens with zero attached hydrogens (tertiary/aromatic N) is 1. The predicted molar refractivity (Wildman–Crippen MR) is 75.2 cm³/mol. The van der Waals surface area contributed by atoms with Crippen LogP contribution in [-0.2, 0) is 0 Å². The van der Waals surface area contributed by atoms with Gasteiger partial charge in [-0.3, -0.25) is 4.99 Å². The molecule has 0 radical (unpaired) electrons. The fraction of sp³-hybridized carbons (Fsp3) is 0.417. The fourth-order valence-corrected chi connectivity index (χ4v) is 2.27. The van der Waals surface area contributed by atoms with Crippen molar-refractivity contribution in [2.75, 3.05) is 13.1 Å². The number of nitrogens with one attached hydrogen (secondary N) is 1. The number of halogens is 1. The quantitative estimate of drug-likeness (QED) is 0.782. The third kappa shape index (κ3) is 2.53.